The molecule has 0 aliphatic carbocycles. The fourth-order valence-electron chi connectivity index (χ4n) is 3.71. The van der Waals surface area contributed by atoms with Crippen LogP contribution in [0, 0.1) is 13.8 Å². The van der Waals surface area contributed by atoms with E-state index in [4.69, 9.17) is 9.73 Å². The summed E-state index contributed by atoms with van der Waals surface area (Å²) in [5, 5.41) is 12.6. The molecule has 3 rings (SSSR count). The summed E-state index contributed by atoms with van der Waals surface area (Å²) in [6, 6.07) is 13.3. The molecule has 7 heteroatoms. The number of aliphatic imine (C=N–C) groups is 1. The molecule has 1 heterocycles. The summed E-state index contributed by atoms with van der Waals surface area (Å²) in [4.78, 5) is 20.7. The SMILES string of the molecule is COCCCN=C(Nc1cccc(C(=O)O)c1)N1CCN(c2cccc(C)c2C)CC1. The van der Waals surface area contributed by atoms with Gasteiger partial charge < -0.3 is 25.0 Å². The molecule has 0 radical (unpaired) electrons. The molecule has 1 saturated heterocycles. The molecule has 2 aromatic carbocycles. The number of aromatic carboxylic acids is 1. The van der Waals surface area contributed by atoms with Crippen LogP contribution in [0.25, 0.3) is 0 Å². The lowest BCUT2D eigenvalue weighted by Gasteiger charge is -2.38. The quantitative estimate of drug-likeness (QED) is 0.402. The number of carboxylic acid groups (broad SMARTS) is 1. The van der Waals surface area contributed by atoms with Crippen LogP contribution in [0.2, 0.25) is 0 Å². The van der Waals surface area contributed by atoms with Gasteiger partial charge >= 0.3 is 5.97 Å². The number of nitrogens with one attached hydrogen (secondary N) is 1. The van der Waals surface area contributed by atoms with Gasteiger partial charge in [0, 0.05) is 57.8 Å². The highest BCUT2D eigenvalue weighted by Crippen LogP contribution is 2.24. The molecule has 0 saturated carbocycles. The summed E-state index contributed by atoms with van der Waals surface area (Å²) in [5.41, 5.74) is 4.90. The van der Waals surface area contributed by atoms with Crippen LogP contribution in [0.4, 0.5) is 11.4 Å². The Balaban J connectivity index is 1.72. The predicted molar refractivity (Wildman–Crippen MR) is 126 cm³/mol. The van der Waals surface area contributed by atoms with Crippen molar-refractivity contribution in [2.45, 2.75) is 20.3 Å². The Bertz CT molecular complexity index is 921. The van der Waals surface area contributed by atoms with Crippen LogP contribution in [0.15, 0.2) is 47.5 Å². The van der Waals surface area contributed by atoms with E-state index in [9.17, 15) is 9.90 Å². The molecule has 31 heavy (non-hydrogen) atoms. The van der Waals surface area contributed by atoms with Crippen LogP contribution in [-0.4, -0.2) is 68.4 Å². The Labute approximate surface area is 184 Å². The van der Waals surface area contributed by atoms with Gasteiger partial charge in [0.15, 0.2) is 5.96 Å². The van der Waals surface area contributed by atoms with E-state index < -0.39 is 5.97 Å². The second-order valence-corrected chi connectivity index (χ2v) is 7.76. The Hall–Kier alpha value is -3.06. The lowest BCUT2D eigenvalue weighted by molar-refractivity contribution is 0.0697. The first-order valence-corrected chi connectivity index (χ1v) is 10.7. The van der Waals surface area contributed by atoms with E-state index in [1.807, 2.05) is 6.07 Å². The molecule has 0 aromatic heterocycles. The highest BCUT2D eigenvalue weighted by atomic mass is 16.5. The number of ether oxygens (including phenoxy) is 1. The van der Waals surface area contributed by atoms with E-state index in [2.05, 4.69) is 47.2 Å². The Morgan fingerprint density at radius 1 is 1.13 bits per heavy atom. The van der Waals surface area contributed by atoms with Crippen molar-refractivity contribution in [3.8, 4) is 0 Å². The van der Waals surface area contributed by atoms with Crippen LogP contribution in [0.1, 0.15) is 27.9 Å². The average molecular weight is 425 g/mol. The van der Waals surface area contributed by atoms with E-state index in [1.54, 1.807) is 25.3 Å². The third-order valence-electron chi connectivity index (χ3n) is 5.63. The van der Waals surface area contributed by atoms with E-state index in [0.29, 0.717) is 13.2 Å². The zero-order valence-corrected chi connectivity index (χ0v) is 18.6. The fraction of sp³-hybridized carbons (Fsp3) is 0.417. The highest BCUT2D eigenvalue weighted by Gasteiger charge is 2.21. The summed E-state index contributed by atoms with van der Waals surface area (Å²) < 4.78 is 5.14. The molecule has 0 spiro atoms. The number of aryl methyl sites for hydroxylation is 1. The Morgan fingerprint density at radius 2 is 1.87 bits per heavy atom. The number of methoxy groups -OCH3 is 1. The molecule has 0 bridgehead atoms. The average Bonchev–Trinajstić information content (AvgIpc) is 2.78. The number of piperazine rings is 1. The number of benzene rings is 2. The monoisotopic (exact) mass is 424 g/mol. The van der Waals surface area contributed by atoms with Crippen LogP contribution in [0.3, 0.4) is 0 Å². The van der Waals surface area contributed by atoms with E-state index in [-0.39, 0.29) is 5.56 Å². The number of rotatable bonds is 7. The molecule has 2 aromatic rings. The van der Waals surface area contributed by atoms with Crippen molar-refractivity contribution in [3.63, 3.8) is 0 Å². The van der Waals surface area contributed by atoms with Gasteiger partial charge in [-0.25, -0.2) is 4.79 Å². The maximum atomic E-state index is 11.3. The zero-order valence-electron chi connectivity index (χ0n) is 18.6. The second kappa shape index (κ2) is 10.8. The summed E-state index contributed by atoms with van der Waals surface area (Å²) in [7, 11) is 1.69. The number of nitrogens with zero attached hydrogens (tertiary/aromatic N) is 3. The van der Waals surface area contributed by atoms with Gasteiger partial charge in [-0.3, -0.25) is 4.99 Å². The van der Waals surface area contributed by atoms with Crippen molar-refractivity contribution in [2.24, 2.45) is 4.99 Å². The van der Waals surface area contributed by atoms with Crippen molar-refractivity contribution in [1.82, 2.24) is 4.90 Å². The van der Waals surface area contributed by atoms with Gasteiger partial charge in [0.25, 0.3) is 0 Å². The summed E-state index contributed by atoms with van der Waals surface area (Å²) in [6.45, 7) is 9.10. The van der Waals surface area contributed by atoms with Gasteiger partial charge in [0.2, 0.25) is 0 Å². The number of carboxylic acids is 1. The van der Waals surface area contributed by atoms with Gasteiger partial charge in [-0.2, -0.15) is 0 Å². The van der Waals surface area contributed by atoms with Crippen LogP contribution in [0.5, 0.6) is 0 Å². The van der Waals surface area contributed by atoms with Crippen molar-refractivity contribution in [1.29, 1.82) is 0 Å². The van der Waals surface area contributed by atoms with Crippen molar-refractivity contribution < 1.29 is 14.6 Å². The Morgan fingerprint density at radius 3 is 2.58 bits per heavy atom. The van der Waals surface area contributed by atoms with Gasteiger partial charge in [-0.05, 0) is 55.7 Å². The largest absolute Gasteiger partial charge is 0.478 e. The zero-order chi connectivity index (χ0) is 22.2. The minimum absolute atomic E-state index is 0.253. The normalized spacial score (nSPS) is 14.6. The molecule has 0 unspecified atom stereocenters. The summed E-state index contributed by atoms with van der Waals surface area (Å²) >= 11 is 0. The van der Waals surface area contributed by atoms with Crippen molar-refractivity contribution in [2.75, 3.05) is 56.7 Å². The van der Waals surface area contributed by atoms with E-state index in [1.165, 1.54) is 16.8 Å². The predicted octanol–water partition coefficient (Wildman–Crippen LogP) is 3.63. The first-order valence-electron chi connectivity index (χ1n) is 10.7. The number of hydrogen-bond acceptors (Lipinski definition) is 4. The molecule has 0 amide bonds. The number of guanidine groups is 1. The van der Waals surface area contributed by atoms with Gasteiger partial charge in [0.1, 0.15) is 0 Å². The molecule has 2 N–H and O–H groups in total. The molecule has 7 nitrogen and oxygen atoms in total. The van der Waals surface area contributed by atoms with Crippen LogP contribution < -0.4 is 10.2 Å². The molecular formula is C24H32N4O3. The van der Waals surface area contributed by atoms with Crippen LogP contribution in [-0.2, 0) is 4.74 Å². The third kappa shape index (κ3) is 5.98. The second-order valence-electron chi connectivity index (χ2n) is 7.76. The highest BCUT2D eigenvalue weighted by molar-refractivity contribution is 5.96. The summed E-state index contributed by atoms with van der Waals surface area (Å²) in [6.07, 6.45) is 0.833. The van der Waals surface area contributed by atoms with Crippen molar-refractivity contribution >= 4 is 23.3 Å². The van der Waals surface area contributed by atoms with E-state index in [0.717, 1.165) is 44.2 Å². The summed E-state index contributed by atoms with van der Waals surface area (Å²) in [5.74, 6) is -0.163. The van der Waals surface area contributed by atoms with Gasteiger partial charge in [-0.15, -0.1) is 0 Å². The van der Waals surface area contributed by atoms with Gasteiger partial charge in [0.05, 0.1) is 5.56 Å². The maximum Gasteiger partial charge on any atom is 0.335 e. The molecule has 166 valence electrons. The molecular weight excluding hydrogens is 392 g/mol. The minimum atomic E-state index is -0.940. The van der Waals surface area contributed by atoms with Gasteiger partial charge in [-0.1, -0.05) is 18.2 Å². The number of anilines is 2. The third-order valence-corrected chi connectivity index (χ3v) is 5.63. The topological polar surface area (TPSA) is 77.4 Å². The first kappa shape index (κ1) is 22.6. The van der Waals surface area contributed by atoms with Crippen molar-refractivity contribution in [3.05, 3.63) is 59.2 Å². The fourth-order valence-corrected chi connectivity index (χ4v) is 3.71. The molecule has 0 atom stereocenters. The standard InChI is InChI=1S/C24H32N4O3/c1-18-7-4-10-22(19(18)2)27-12-14-28(15-13-27)24(25-11-6-16-31-3)26-21-9-5-8-20(17-21)23(29)30/h4-5,7-10,17H,6,11-16H2,1-3H3,(H,25,26)(H,29,30). The smallest absolute Gasteiger partial charge is 0.335 e. The Kier molecular flexibility index (Phi) is 7.89. The molecule has 1 fully saturated rings. The molecule has 1 aliphatic rings. The maximum absolute atomic E-state index is 11.3. The lowest BCUT2D eigenvalue weighted by Crippen LogP contribution is -2.51. The minimum Gasteiger partial charge on any atom is -0.478 e. The number of hydrogen-bond donors (Lipinski definition) is 2. The lowest BCUT2D eigenvalue weighted by atomic mass is 10.1. The first-order chi connectivity index (χ1) is 15.0. The van der Waals surface area contributed by atoms with Crippen LogP contribution >= 0.6 is 0 Å². The van der Waals surface area contributed by atoms with E-state index >= 15 is 0 Å². The molecule has 1 aliphatic heterocycles. The number of carbonyl (C=O) groups is 1.